The van der Waals surface area contributed by atoms with Crippen LogP contribution in [0.15, 0.2) is 29.1 Å². The van der Waals surface area contributed by atoms with Crippen molar-refractivity contribution in [2.24, 2.45) is 0 Å². The molecule has 2 aliphatic rings. The zero-order chi connectivity index (χ0) is 17.4. The van der Waals surface area contributed by atoms with Crippen molar-refractivity contribution in [1.29, 1.82) is 0 Å². The molecular weight excluding hydrogens is 326 g/mol. The predicted molar refractivity (Wildman–Crippen MR) is 86.0 cm³/mol. The number of H-pyrrole nitrogens is 1. The number of pyridine rings is 1. The fourth-order valence-corrected chi connectivity index (χ4v) is 2.98. The van der Waals surface area contributed by atoms with Crippen LogP contribution >= 0.6 is 0 Å². The number of benzene rings is 1. The summed E-state index contributed by atoms with van der Waals surface area (Å²) in [6.07, 6.45) is 1.75. The summed E-state index contributed by atoms with van der Waals surface area (Å²) >= 11 is 0. The molecule has 1 aliphatic carbocycles. The zero-order valence-corrected chi connectivity index (χ0v) is 13.3. The molecule has 7 heteroatoms. The number of fused-ring (bicyclic) bond motifs is 2. The summed E-state index contributed by atoms with van der Waals surface area (Å²) in [5, 5.41) is 0. The lowest BCUT2D eigenvalue weighted by molar-refractivity contribution is 0.0470. The van der Waals surface area contributed by atoms with Gasteiger partial charge in [-0.3, -0.25) is 9.59 Å². The highest BCUT2D eigenvalue weighted by Gasteiger charge is 2.23. The standard InChI is InChI=1S/C18H15NO6/c20-14-3-1-2-13-11(14)7-12(17(21)19-13)18(22)23-8-10-4-5-15-16(6-10)25-9-24-15/h4-7H,1-3,8-9H2,(H,19,21). The molecule has 0 fully saturated rings. The van der Waals surface area contributed by atoms with E-state index >= 15 is 0 Å². The van der Waals surface area contributed by atoms with Crippen molar-refractivity contribution in [3.63, 3.8) is 0 Å². The van der Waals surface area contributed by atoms with Crippen LogP contribution in [-0.4, -0.2) is 23.5 Å². The first-order chi connectivity index (χ1) is 12.1. The number of aromatic nitrogens is 1. The molecule has 1 aromatic heterocycles. The van der Waals surface area contributed by atoms with Crippen LogP contribution in [0.4, 0.5) is 0 Å². The van der Waals surface area contributed by atoms with Crippen molar-refractivity contribution in [3.05, 3.63) is 57.0 Å². The third-order valence-corrected chi connectivity index (χ3v) is 4.28. The van der Waals surface area contributed by atoms with E-state index in [4.69, 9.17) is 14.2 Å². The Hall–Kier alpha value is -3.09. The third-order valence-electron chi connectivity index (χ3n) is 4.28. The van der Waals surface area contributed by atoms with Gasteiger partial charge in [0.2, 0.25) is 6.79 Å². The van der Waals surface area contributed by atoms with Crippen LogP contribution in [0.2, 0.25) is 0 Å². The Balaban J connectivity index is 1.52. The van der Waals surface area contributed by atoms with Crippen LogP contribution < -0.4 is 15.0 Å². The van der Waals surface area contributed by atoms with Gasteiger partial charge in [-0.25, -0.2) is 4.79 Å². The number of Topliss-reactive ketones (excluding diaryl/α,β-unsaturated/α-hetero) is 1. The molecule has 1 N–H and O–H groups in total. The molecule has 1 aromatic carbocycles. The second kappa shape index (κ2) is 6.08. The first kappa shape index (κ1) is 15.4. The Kier molecular flexibility index (Phi) is 3.76. The number of ketones is 1. The molecule has 25 heavy (non-hydrogen) atoms. The number of aryl methyl sites for hydroxylation is 1. The van der Waals surface area contributed by atoms with Crippen molar-refractivity contribution in [2.45, 2.75) is 25.9 Å². The molecule has 4 rings (SSSR count). The SMILES string of the molecule is O=C1CCCc2[nH]c(=O)c(C(=O)OCc3ccc4c(c3)OCO4)cc21. The van der Waals surface area contributed by atoms with Gasteiger partial charge < -0.3 is 19.2 Å². The van der Waals surface area contributed by atoms with Gasteiger partial charge in [0.1, 0.15) is 12.2 Å². The molecule has 0 atom stereocenters. The topological polar surface area (TPSA) is 94.7 Å². The highest BCUT2D eigenvalue weighted by atomic mass is 16.7. The highest BCUT2D eigenvalue weighted by Crippen LogP contribution is 2.32. The second-order valence-electron chi connectivity index (χ2n) is 5.94. The minimum Gasteiger partial charge on any atom is -0.457 e. The monoisotopic (exact) mass is 341 g/mol. The lowest BCUT2D eigenvalue weighted by Crippen LogP contribution is -2.25. The van der Waals surface area contributed by atoms with Gasteiger partial charge in [0.15, 0.2) is 17.3 Å². The van der Waals surface area contributed by atoms with E-state index < -0.39 is 11.5 Å². The molecular formula is C18H15NO6. The number of nitrogens with one attached hydrogen (secondary N) is 1. The lowest BCUT2D eigenvalue weighted by atomic mass is 9.94. The normalized spacial score (nSPS) is 15.0. The molecule has 2 aromatic rings. The van der Waals surface area contributed by atoms with Gasteiger partial charge in [0.05, 0.1) is 0 Å². The number of esters is 1. The number of hydrogen-bond acceptors (Lipinski definition) is 6. The Morgan fingerprint density at radius 3 is 2.84 bits per heavy atom. The van der Waals surface area contributed by atoms with Crippen LogP contribution in [0.5, 0.6) is 11.5 Å². The van der Waals surface area contributed by atoms with E-state index in [2.05, 4.69) is 4.98 Å². The van der Waals surface area contributed by atoms with Crippen LogP contribution in [0.1, 0.15) is 44.8 Å². The van der Waals surface area contributed by atoms with E-state index in [0.717, 1.165) is 0 Å². The smallest absolute Gasteiger partial charge is 0.344 e. The van der Waals surface area contributed by atoms with Crippen molar-refractivity contribution in [2.75, 3.05) is 6.79 Å². The van der Waals surface area contributed by atoms with Gasteiger partial charge in [-0.05, 0) is 36.6 Å². The Morgan fingerprint density at radius 1 is 1.12 bits per heavy atom. The molecule has 0 bridgehead atoms. The minimum absolute atomic E-state index is 0.0139. The first-order valence-electron chi connectivity index (χ1n) is 7.97. The van der Waals surface area contributed by atoms with Crippen LogP contribution in [0.25, 0.3) is 0 Å². The second-order valence-corrected chi connectivity index (χ2v) is 5.94. The fraction of sp³-hybridized carbons (Fsp3) is 0.278. The van der Waals surface area contributed by atoms with Crippen molar-refractivity contribution in [3.8, 4) is 11.5 Å². The van der Waals surface area contributed by atoms with Crippen LogP contribution in [0, 0.1) is 0 Å². The van der Waals surface area contributed by atoms with Crippen molar-refractivity contribution < 1.29 is 23.8 Å². The molecule has 0 spiro atoms. The molecule has 0 saturated carbocycles. The van der Waals surface area contributed by atoms with Gasteiger partial charge in [0, 0.05) is 17.7 Å². The van der Waals surface area contributed by atoms with Gasteiger partial charge in [0.25, 0.3) is 5.56 Å². The molecule has 2 heterocycles. The average molecular weight is 341 g/mol. The fourth-order valence-electron chi connectivity index (χ4n) is 2.98. The predicted octanol–water partition coefficient (Wildman–Crippen LogP) is 1.98. The molecule has 7 nitrogen and oxygen atoms in total. The van der Waals surface area contributed by atoms with E-state index in [9.17, 15) is 14.4 Å². The largest absolute Gasteiger partial charge is 0.457 e. The quantitative estimate of drug-likeness (QED) is 0.858. The molecule has 0 radical (unpaired) electrons. The van der Waals surface area contributed by atoms with Crippen LogP contribution in [0.3, 0.4) is 0 Å². The molecule has 0 unspecified atom stereocenters. The van der Waals surface area contributed by atoms with E-state index in [1.807, 2.05) is 0 Å². The first-order valence-corrected chi connectivity index (χ1v) is 7.97. The summed E-state index contributed by atoms with van der Waals surface area (Å²) in [7, 11) is 0. The Bertz CT molecular complexity index is 930. The number of aromatic amines is 1. The summed E-state index contributed by atoms with van der Waals surface area (Å²) in [5.74, 6) is 0.396. The van der Waals surface area contributed by atoms with Gasteiger partial charge in [-0.15, -0.1) is 0 Å². The molecule has 1 aliphatic heterocycles. The van der Waals surface area contributed by atoms with Crippen molar-refractivity contribution in [1.82, 2.24) is 4.98 Å². The Morgan fingerprint density at radius 2 is 1.96 bits per heavy atom. The summed E-state index contributed by atoms with van der Waals surface area (Å²) in [6, 6.07) is 6.55. The minimum atomic E-state index is -0.764. The summed E-state index contributed by atoms with van der Waals surface area (Å²) < 4.78 is 15.7. The van der Waals surface area contributed by atoms with E-state index in [1.54, 1.807) is 18.2 Å². The maximum absolute atomic E-state index is 12.3. The van der Waals surface area contributed by atoms with Crippen molar-refractivity contribution >= 4 is 11.8 Å². The molecule has 0 amide bonds. The van der Waals surface area contributed by atoms with Gasteiger partial charge in [-0.2, -0.15) is 0 Å². The summed E-state index contributed by atoms with van der Waals surface area (Å²) in [4.78, 5) is 38.9. The number of rotatable bonds is 3. The number of carbonyl (C=O) groups is 2. The maximum Gasteiger partial charge on any atom is 0.344 e. The van der Waals surface area contributed by atoms with E-state index in [0.29, 0.717) is 47.6 Å². The van der Waals surface area contributed by atoms with Crippen LogP contribution in [-0.2, 0) is 17.8 Å². The number of ether oxygens (including phenoxy) is 3. The molecule has 128 valence electrons. The number of hydrogen-bond donors (Lipinski definition) is 1. The highest BCUT2D eigenvalue weighted by molar-refractivity contribution is 6.00. The van der Waals surface area contributed by atoms with Gasteiger partial charge in [-0.1, -0.05) is 6.07 Å². The summed E-state index contributed by atoms with van der Waals surface area (Å²) in [6.45, 7) is 0.150. The zero-order valence-electron chi connectivity index (χ0n) is 13.3. The average Bonchev–Trinajstić information content (AvgIpc) is 3.07. The van der Waals surface area contributed by atoms with E-state index in [-0.39, 0.29) is 24.7 Å². The van der Waals surface area contributed by atoms with Gasteiger partial charge >= 0.3 is 5.97 Å². The maximum atomic E-state index is 12.3. The molecule has 0 saturated heterocycles. The summed E-state index contributed by atoms with van der Waals surface area (Å²) in [5.41, 5.74) is 1.01. The van der Waals surface area contributed by atoms with E-state index in [1.165, 1.54) is 6.07 Å². The third kappa shape index (κ3) is 2.88. The lowest BCUT2D eigenvalue weighted by Gasteiger charge is -2.14. The number of carbonyl (C=O) groups excluding carboxylic acids is 2. The Labute approximate surface area is 142 Å².